The largest absolute Gasteiger partial charge is 0.360 e. The average Bonchev–Trinajstić information content (AvgIpc) is 3.09. The van der Waals surface area contributed by atoms with Crippen molar-refractivity contribution in [2.75, 3.05) is 11.9 Å². The van der Waals surface area contributed by atoms with Gasteiger partial charge >= 0.3 is 0 Å². The normalized spacial score (nSPS) is 16.6. The summed E-state index contributed by atoms with van der Waals surface area (Å²) in [6.45, 7) is 6.39. The highest BCUT2D eigenvalue weighted by molar-refractivity contribution is 7.80. The van der Waals surface area contributed by atoms with Gasteiger partial charge in [-0.15, -0.1) is 0 Å². The Hall–Kier alpha value is -3.18. The van der Waals surface area contributed by atoms with Crippen LogP contribution in [0.4, 0.5) is 5.82 Å². The second kappa shape index (κ2) is 8.23. The molecule has 0 saturated heterocycles. The Morgan fingerprint density at radius 2 is 2.21 bits per heavy atom. The molecule has 2 N–H and O–H groups in total. The first kappa shape index (κ1) is 19.6. The summed E-state index contributed by atoms with van der Waals surface area (Å²) < 4.78 is 5.03. The van der Waals surface area contributed by atoms with Crippen LogP contribution in [0.1, 0.15) is 43.2 Å². The number of nitriles is 1. The number of benzene rings is 1. The summed E-state index contributed by atoms with van der Waals surface area (Å²) in [5.74, 6) is 0.659. The van der Waals surface area contributed by atoms with Gasteiger partial charge in [0.05, 0.1) is 23.2 Å². The van der Waals surface area contributed by atoms with Crippen LogP contribution in [0.25, 0.3) is 0 Å². The van der Waals surface area contributed by atoms with Crippen LogP contribution in [0.5, 0.6) is 0 Å². The summed E-state index contributed by atoms with van der Waals surface area (Å²) in [6.07, 6.45) is 0.880. The van der Waals surface area contributed by atoms with E-state index >= 15 is 0 Å². The zero-order valence-corrected chi connectivity index (χ0v) is 16.8. The Morgan fingerprint density at radius 3 is 2.86 bits per heavy atom. The number of carbonyl (C=O) groups excluding carboxylic acids is 1. The number of allylic oxidation sites excluding steroid dienone is 1. The van der Waals surface area contributed by atoms with Crippen molar-refractivity contribution in [2.45, 2.75) is 33.2 Å². The number of aromatic nitrogens is 1. The Balaban J connectivity index is 2.04. The minimum atomic E-state index is -0.470. The average molecular weight is 395 g/mol. The highest BCUT2D eigenvalue weighted by atomic mass is 32.1. The molecular formula is C20H21N5O2S. The molecule has 1 aromatic carbocycles. The molecule has 144 valence electrons. The molecule has 7 nitrogen and oxygen atoms in total. The van der Waals surface area contributed by atoms with E-state index in [4.69, 9.17) is 16.7 Å². The molecular weight excluding hydrogens is 374 g/mol. The molecule has 0 aliphatic carbocycles. The lowest BCUT2D eigenvalue weighted by Crippen LogP contribution is -2.48. The lowest BCUT2D eigenvalue weighted by atomic mass is 9.93. The van der Waals surface area contributed by atoms with Crippen LogP contribution in [-0.2, 0) is 4.79 Å². The van der Waals surface area contributed by atoms with Crippen LogP contribution in [0.15, 0.2) is 46.1 Å². The third-order valence-electron chi connectivity index (χ3n) is 4.51. The molecule has 0 saturated carbocycles. The lowest BCUT2D eigenvalue weighted by molar-refractivity contribution is -0.113. The number of nitrogens with zero attached hydrogens (tertiary/aromatic N) is 3. The number of aryl methyl sites for hydroxylation is 1. The van der Waals surface area contributed by atoms with Gasteiger partial charge in [-0.3, -0.25) is 4.79 Å². The van der Waals surface area contributed by atoms with Crippen molar-refractivity contribution in [1.82, 2.24) is 15.4 Å². The molecule has 1 atom stereocenters. The maximum absolute atomic E-state index is 13.2. The number of nitrogens with one attached hydrogen (secondary N) is 2. The molecule has 2 heterocycles. The van der Waals surface area contributed by atoms with Gasteiger partial charge in [0.1, 0.15) is 5.76 Å². The monoisotopic (exact) mass is 395 g/mol. The molecule has 1 aromatic heterocycles. The van der Waals surface area contributed by atoms with Crippen LogP contribution in [0.3, 0.4) is 0 Å². The summed E-state index contributed by atoms with van der Waals surface area (Å²) in [7, 11) is 0. The molecule has 1 amide bonds. The van der Waals surface area contributed by atoms with E-state index in [2.05, 4.69) is 28.8 Å². The van der Waals surface area contributed by atoms with E-state index < -0.39 is 6.04 Å². The Bertz CT molecular complexity index is 988. The standard InChI is InChI=1S/C20H21N5O2S/c1-4-8-25-13(3)17(19(26)22-16-9-12(2)27-24-16)18(23-20(25)28)15-7-5-6-14(10-15)11-21/h5-7,9-10,18H,4,8H2,1-3H3,(H,23,28)(H,22,24,26)/t18-/m0/s1. The van der Waals surface area contributed by atoms with Gasteiger partial charge in [0.15, 0.2) is 10.9 Å². The van der Waals surface area contributed by atoms with E-state index in [0.717, 1.165) is 17.7 Å². The second-order valence-corrected chi connectivity index (χ2v) is 6.93. The topological polar surface area (TPSA) is 94.2 Å². The number of hydrogen-bond donors (Lipinski definition) is 2. The second-order valence-electron chi connectivity index (χ2n) is 6.55. The summed E-state index contributed by atoms with van der Waals surface area (Å²) >= 11 is 5.54. The predicted octanol–water partition coefficient (Wildman–Crippen LogP) is 3.41. The Morgan fingerprint density at radius 1 is 1.43 bits per heavy atom. The number of hydrogen-bond acceptors (Lipinski definition) is 5. The minimum Gasteiger partial charge on any atom is -0.360 e. The van der Waals surface area contributed by atoms with Crippen molar-refractivity contribution in [3.63, 3.8) is 0 Å². The van der Waals surface area contributed by atoms with Crippen LogP contribution in [-0.4, -0.2) is 27.6 Å². The minimum absolute atomic E-state index is 0.297. The molecule has 28 heavy (non-hydrogen) atoms. The zero-order valence-electron chi connectivity index (χ0n) is 15.9. The first-order valence-electron chi connectivity index (χ1n) is 8.98. The van der Waals surface area contributed by atoms with Crippen molar-refractivity contribution in [3.05, 3.63) is 58.5 Å². The summed E-state index contributed by atoms with van der Waals surface area (Å²) in [4.78, 5) is 15.1. The molecule has 0 spiro atoms. The summed E-state index contributed by atoms with van der Waals surface area (Å²) in [6, 6.07) is 10.5. The lowest BCUT2D eigenvalue weighted by Gasteiger charge is -2.37. The summed E-state index contributed by atoms with van der Waals surface area (Å²) in [5, 5.41) is 19.7. The fraction of sp³-hybridized carbons (Fsp3) is 0.300. The van der Waals surface area contributed by atoms with Crippen molar-refractivity contribution in [2.24, 2.45) is 0 Å². The van der Waals surface area contributed by atoms with Crippen molar-refractivity contribution < 1.29 is 9.32 Å². The number of rotatable bonds is 5. The first-order valence-corrected chi connectivity index (χ1v) is 9.39. The van der Waals surface area contributed by atoms with E-state index in [-0.39, 0.29) is 5.91 Å². The maximum Gasteiger partial charge on any atom is 0.257 e. The Labute approximate surface area is 169 Å². The Kier molecular flexibility index (Phi) is 5.76. The third-order valence-corrected chi connectivity index (χ3v) is 4.85. The smallest absolute Gasteiger partial charge is 0.257 e. The van der Waals surface area contributed by atoms with E-state index in [1.807, 2.05) is 17.9 Å². The quantitative estimate of drug-likeness (QED) is 0.749. The zero-order chi connectivity index (χ0) is 20.3. The van der Waals surface area contributed by atoms with Crippen molar-refractivity contribution >= 4 is 29.1 Å². The van der Waals surface area contributed by atoms with Gasteiger partial charge in [-0.2, -0.15) is 5.26 Å². The van der Waals surface area contributed by atoms with E-state index in [1.54, 1.807) is 31.2 Å². The molecule has 0 unspecified atom stereocenters. The fourth-order valence-corrected chi connectivity index (χ4v) is 3.56. The van der Waals surface area contributed by atoms with E-state index in [9.17, 15) is 10.1 Å². The highest BCUT2D eigenvalue weighted by Crippen LogP contribution is 2.32. The van der Waals surface area contributed by atoms with E-state index in [1.165, 1.54) is 0 Å². The SMILES string of the molecule is CCCN1C(=S)N[C@@H](c2cccc(C#N)c2)C(C(=O)Nc2cc(C)on2)=C1C. The maximum atomic E-state index is 13.2. The number of anilines is 1. The number of thiocarbonyl (C=S) groups is 1. The van der Waals surface area contributed by atoms with Crippen molar-refractivity contribution in [3.8, 4) is 6.07 Å². The van der Waals surface area contributed by atoms with Gasteiger partial charge in [0, 0.05) is 18.3 Å². The third kappa shape index (κ3) is 3.89. The molecule has 0 radical (unpaired) electrons. The van der Waals surface area contributed by atoms with Gasteiger partial charge in [0.2, 0.25) is 0 Å². The molecule has 0 fully saturated rings. The van der Waals surface area contributed by atoms with Crippen LogP contribution in [0.2, 0.25) is 0 Å². The predicted molar refractivity (Wildman–Crippen MR) is 109 cm³/mol. The molecule has 8 heteroatoms. The van der Waals surface area contributed by atoms with Gasteiger partial charge in [0.25, 0.3) is 5.91 Å². The van der Waals surface area contributed by atoms with Gasteiger partial charge in [-0.25, -0.2) is 0 Å². The van der Waals surface area contributed by atoms with Gasteiger partial charge in [-0.1, -0.05) is 24.2 Å². The fourth-order valence-electron chi connectivity index (χ4n) is 3.22. The van der Waals surface area contributed by atoms with Crippen LogP contribution in [0, 0.1) is 18.3 Å². The van der Waals surface area contributed by atoms with Gasteiger partial charge in [-0.05, 0) is 50.2 Å². The highest BCUT2D eigenvalue weighted by Gasteiger charge is 2.34. The number of amides is 1. The molecule has 0 bridgehead atoms. The van der Waals surface area contributed by atoms with Crippen LogP contribution < -0.4 is 10.6 Å². The van der Waals surface area contributed by atoms with Gasteiger partial charge < -0.3 is 20.1 Å². The van der Waals surface area contributed by atoms with Crippen molar-refractivity contribution in [1.29, 1.82) is 5.26 Å². The summed E-state index contributed by atoms with van der Waals surface area (Å²) in [5.41, 5.74) is 2.61. The van der Waals surface area contributed by atoms with Crippen LogP contribution >= 0.6 is 12.2 Å². The molecule has 1 aliphatic rings. The molecule has 2 aromatic rings. The number of carbonyl (C=O) groups is 1. The van der Waals surface area contributed by atoms with E-state index in [0.29, 0.717) is 34.4 Å². The molecule has 1 aliphatic heterocycles. The first-order chi connectivity index (χ1) is 13.4. The molecule has 3 rings (SSSR count).